The lowest BCUT2D eigenvalue weighted by atomic mass is 10.1. The number of rotatable bonds is 5. The van der Waals surface area contributed by atoms with Crippen LogP contribution in [0.1, 0.15) is 22.8 Å². The van der Waals surface area contributed by atoms with Crippen molar-refractivity contribution in [1.29, 1.82) is 0 Å². The van der Waals surface area contributed by atoms with Gasteiger partial charge in [0.15, 0.2) is 0 Å². The van der Waals surface area contributed by atoms with Crippen molar-refractivity contribution < 1.29 is 19.7 Å². The Morgan fingerprint density at radius 1 is 1.30 bits per heavy atom. The highest BCUT2D eigenvalue weighted by Gasteiger charge is 2.11. The Morgan fingerprint density at radius 2 is 2.04 bits per heavy atom. The first-order valence-corrected chi connectivity index (χ1v) is 8.23. The zero-order valence-corrected chi connectivity index (χ0v) is 15.3. The van der Waals surface area contributed by atoms with Gasteiger partial charge >= 0.3 is 5.97 Å². The zero-order valence-electron chi connectivity index (χ0n) is 12.1. The first-order chi connectivity index (χ1) is 10.9. The molecule has 0 radical (unpaired) electrons. The second-order valence-electron chi connectivity index (χ2n) is 4.50. The molecule has 0 aromatic heterocycles. The molecule has 2 rings (SSSR count). The van der Waals surface area contributed by atoms with Gasteiger partial charge in [0.2, 0.25) is 0 Å². The molecule has 0 spiro atoms. The molecule has 5 nitrogen and oxygen atoms in total. The molecule has 0 aliphatic rings. The van der Waals surface area contributed by atoms with Gasteiger partial charge in [0.25, 0.3) is 0 Å². The number of hydrogen-bond donors (Lipinski definition) is 2. The van der Waals surface area contributed by atoms with Crippen molar-refractivity contribution in [2.45, 2.75) is 6.92 Å². The Morgan fingerprint density at radius 3 is 2.70 bits per heavy atom. The van der Waals surface area contributed by atoms with Crippen LogP contribution >= 0.6 is 31.9 Å². The third-order valence-electron chi connectivity index (χ3n) is 2.89. The molecule has 2 aromatic carbocycles. The Labute approximate surface area is 149 Å². The summed E-state index contributed by atoms with van der Waals surface area (Å²) in [5, 5.41) is 18.5. The second-order valence-corrected chi connectivity index (χ2v) is 6.27. The van der Waals surface area contributed by atoms with Gasteiger partial charge in [-0.3, -0.25) is 4.99 Å². The van der Waals surface area contributed by atoms with Gasteiger partial charge in [-0.15, -0.1) is 0 Å². The molecular weight excluding hydrogens is 430 g/mol. The highest BCUT2D eigenvalue weighted by atomic mass is 79.9. The lowest BCUT2D eigenvalue weighted by Gasteiger charge is -2.10. The van der Waals surface area contributed by atoms with Gasteiger partial charge in [-0.05, 0) is 53.2 Å². The minimum absolute atomic E-state index is 0.194. The Bertz CT molecular complexity index is 775. The molecule has 23 heavy (non-hydrogen) atoms. The predicted molar refractivity (Wildman–Crippen MR) is 95.3 cm³/mol. The van der Waals surface area contributed by atoms with Crippen molar-refractivity contribution >= 4 is 49.7 Å². The van der Waals surface area contributed by atoms with Crippen LogP contribution in [0.25, 0.3) is 0 Å². The molecule has 2 aromatic rings. The summed E-state index contributed by atoms with van der Waals surface area (Å²) in [6.45, 7) is 2.39. The van der Waals surface area contributed by atoms with E-state index in [1.807, 2.05) is 19.1 Å². The molecule has 0 saturated heterocycles. The molecule has 0 saturated carbocycles. The van der Waals surface area contributed by atoms with E-state index in [9.17, 15) is 9.90 Å². The van der Waals surface area contributed by atoms with E-state index in [4.69, 9.17) is 9.84 Å². The standard InChI is InChI=1S/C16H13Br2NO4/c1-2-23-15-9(5-10(17)6-13(15)18)8-19-11-3-4-14(20)12(7-11)16(21)22/h3-8,20H,2H2,1H3,(H,21,22). The number of nitrogens with zero attached hydrogens (tertiary/aromatic N) is 1. The maximum absolute atomic E-state index is 11.0. The molecular formula is C16H13Br2NO4. The summed E-state index contributed by atoms with van der Waals surface area (Å²) in [6, 6.07) is 7.85. The summed E-state index contributed by atoms with van der Waals surface area (Å²) in [6.07, 6.45) is 1.58. The van der Waals surface area contributed by atoms with Gasteiger partial charge in [-0.25, -0.2) is 4.79 Å². The van der Waals surface area contributed by atoms with Gasteiger partial charge in [0, 0.05) is 16.3 Å². The quantitative estimate of drug-likeness (QED) is 0.654. The summed E-state index contributed by atoms with van der Waals surface area (Å²) in [5.74, 6) is -0.854. The molecule has 2 N–H and O–H groups in total. The molecule has 0 fully saturated rings. The van der Waals surface area contributed by atoms with Gasteiger partial charge in [-0.2, -0.15) is 0 Å². The fourth-order valence-corrected chi connectivity index (χ4v) is 3.27. The third-order valence-corrected chi connectivity index (χ3v) is 3.94. The van der Waals surface area contributed by atoms with E-state index < -0.39 is 5.97 Å². The van der Waals surface area contributed by atoms with Crippen LogP contribution in [0.15, 0.2) is 44.3 Å². The number of phenols is 1. The van der Waals surface area contributed by atoms with E-state index >= 15 is 0 Å². The lowest BCUT2D eigenvalue weighted by Crippen LogP contribution is -1.98. The highest BCUT2D eigenvalue weighted by molar-refractivity contribution is 9.11. The molecule has 0 heterocycles. The van der Waals surface area contributed by atoms with E-state index in [0.29, 0.717) is 18.0 Å². The molecule has 0 aliphatic carbocycles. The normalized spacial score (nSPS) is 10.9. The first-order valence-electron chi connectivity index (χ1n) is 6.64. The molecule has 0 unspecified atom stereocenters. The van der Waals surface area contributed by atoms with Crippen molar-refractivity contribution in [2.24, 2.45) is 4.99 Å². The number of aromatic carboxylic acids is 1. The summed E-state index contributed by atoms with van der Waals surface area (Å²) in [7, 11) is 0. The topological polar surface area (TPSA) is 79.1 Å². The van der Waals surface area contributed by atoms with Gasteiger partial charge in [0.05, 0.1) is 16.8 Å². The Hall–Kier alpha value is -1.86. The monoisotopic (exact) mass is 441 g/mol. The molecule has 0 atom stereocenters. The van der Waals surface area contributed by atoms with Crippen LogP contribution in [0.2, 0.25) is 0 Å². The van der Waals surface area contributed by atoms with Crippen LogP contribution in [-0.2, 0) is 0 Å². The predicted octanol–water partition coefficient (Wildman–Crippen LogP) is 4.76. The smallest absolute Gasteiger partial charge is 0.339 e. The van der Waals surface area contributed by atoms with Crippen LogP contribution in [0.4, 0.5) is 5.69 Å². The summed E-state index contributed by atoms with van der Waals surface area (Å²) in [4.78, 5) is 15.3. The van der Waals surface area contributed by atoms with Crippen LogP contribution < -0.4 is 4.74 Å². The lowest BCUT2D eigenvalue weighted by molar-refractivity contribution is 0.0694. The second kappa shape index (κ2) is 7.61. The van der Waals surface area contributed by atoms with Gasteiger partial charge in [-0.1, -0.05) is 15.9 Å². The number of aromatic hydroxyl groups is 1. The maximum atomic E-state index is 11.0. The van der Waals surface area contributed by atoms with Crippen LogP contribution in [0.5, 0.6) is 11.5 Å². The van der Waals surface area contributed by atoms with E-state index in [2.05, 4.69) is 36.9 Å². The first kappa shape index (κ1) is 17.5. The maximum Gasteiger partial charge on any atom is 0.339 e. The van der Waals surface area contributed by atoms with E-state index in [0.717, 1.165) is 14.5 Å². The summed E-state index contributed by atoms with van der Waals surface area (Å²) >= 11 is 6.84. The number of ether oxygens (including phenoxy) is 1. The average molecular weight is 443 g/mol. The van der Waals surface area contributed by atoms with Crippen LogP contribution in [0.3, 0.4) is 0 Å². The fraction of sp³-hybridized carbons (Fsp3) is 0.125. The largest absolute Gasteiger partial charge is 0.507 e. The Kier molecular flexibility index (Phi) is 5.79. The van der Waals surface area contributed by atoms with Crippen molar-refractivity contribution in [3.63, 3.8) is 0 Å². The number of carboxylic acid groups (broad SMARTS) is 1. The number of benzene rings is 2. The molecule has 0 amide bonds. The number of hydrogen-bond acceptors (Lipinski definition) is 4. The number of carboxylic acids is 1. The number of carbonyl (C=O) groups is 1. The van der Waals surface area contributed by atoms with Crippen molar-refractivity contribution in [1.82, 2.24) is 0 Å². The summed E-state index contributed by atoms with van der Waals surface area (Å²) in [5.41, 5.74) is 0.955. The third kappa shape index (κ3) is 4.33. The van der Waals surface area contributed by atoms with Gasteiger partial charge < -0.3 is 14.9 Å². The average Bonchev–Trinajstić information content (AvgIpc) is 2.49. The molecule has 0 bridgehead atoms. The minimum Gasteiger partial charge on any atom is -0.507 e. The number of aliphatic imine (C=N–C) groups is 1. The SMILES string of the molecule is CCOc1c(Br)cc(Br)cc1C=Nc1ccc(O)c(C(=O)O)c1. The molecule has 120 valence electrons. The number of halogens is 2. The minimum atomic E-state index is -1.21. The van der Waals surface area contributed by atoms with E-state index in [1.165, 1.54) is 18.2 Å². The highest BCUT2D eigenvalue weighted by Crippen LogP contribution is 2.32. The molecule has 7 heteroatoms. The van der Waals surface area contributed by atoms with E-state index in [-0.39, 0.29) is 11.3 Å². The van der Waals surface area contributed by atoms with Crippen molar-refractivity contribution in [2.75, 3.05) is 6.61 Å². The van der Waals surface area contributed by atoms with E-state index in [1.54, 1.807) is 6.21 Å². The van der Waals surface area contributed by atoms with Crippen molar-refractivity contribution in [3.8, 4) is 11.5 Å². The van der Waals surface area contributed by atoms with Crippen LogP contribution in [0, 0.1) is 0 Å². The summed E-state index contributed by atoms with van der Waals surface area (Å²) < 4.78 is 7.24. The Balaban J connectivity index is 2.41. The van der Waals surface area contributed by atoms with Gasteiger partial charge in [0.1, 0.15) is 17.1 Å². The molecule has 0 aliphatic heterocycles. The van der Waals surface area contributed by atoms with Crippen molar-refractivity contribution in [3.05, 3.63) is 50.4 Å². The van der Waals surface area contributed by atoms with Crippen LogP contribution in [-0.4, -0.2) is 29.0 Å². The fourth-order valence-electron chi connectivity index (χ4n) is 1.89. The zero-order chi connectivity index (χ0) is 17.0.